The Hall–Kier alpha value is -0.670. The molecule has 0 amide bonds. The van der Waals surface area contributed by atoms with E-state index in [9.17, 15) is 0 Å². The molecule has 0 heterocycles. The number of hydrogen-bond acceptors (Lipinski definition) is 3. The highest BCUT2D eigenvalue weighted by atomic mass is 32.2. The summed E-state index contributed by atoms with van der Waals surface area (Å²) < 4.78 is 0. The van der Waals surface area contributed by atoms with Crippen LogP contribution >= 0.6 is 11.8 Å². The minimum Gasteiger partial charge on any atom is -0.291 e. The first kappa shape index (κ1) is 7.44. The van der Waals surface area contributed by atoms with Crippen molar-refractivity contribution in [2.45, 2.75) is 4.90 Å². The lowest BCUT2D eigenvalue weighted by Crippen LogP contribution is -1.87. The van der Waals surface area contributed by atoms with E-state index in [1.807, 2.05) is 24.5 Å². The van der Waals surface area contributed by atoms with Crippen LogP contribution in [0.25, 0.3) is 0 Å². The molecule has 1 rings (SSSR count). The molecule has 1 aromatic rings. The standard InChI is InChI=1S/C7H9NOS/c1-10-7-4-2-3-6(5-7)8-9/h2-5,8-9H,1H3. The van der Waals surface area contributed by atoms with Crippen molar-refractivity contribution >= 4 is 17.4 Å². The third-order valence-corrected chi connectivity index (χ3v) is 1.92. The number of hydrogen-bond donors (Lipinski definition) is 2. The number of nitrogens with one attached hydrogen (secondary N) is 1. The lowest BCUT2D eigenvalue weighted by molar-refractivity contribution is 0.389. The van der Waals surface area contributed by atoms with Gasteiger partial charge in [-0.05, 0) is 24.5 Å². The maximum absolute atomic E-state index is 8.50. The van der Waals surface area contributed by atoms with E-state index < -0.39 is 0 Å². The average molecular weight is 155 g/mol. The van der Waals surface area contributed by atoms with Gasteiger partial charge in [0.2, 0.25) is 0 Å². The Bertz CT molecular complexity index is 195. The van der Waals surface area contributed by atoms with E-state index in [1.54, 1.807) is 17.8 Å². The Kier molecular flexibility index (Phi) is 2.59. The van der Waals surface area contributed by atoms with Crippen LogP contribution in [-0.2, 0) is 0 Å². The van der Waals surface area contributed by atoms with E-state index in [4.69, 9.17) is 5.21 Å². The van der Waals surface area contributed by atoms with Crippen LogP contribution in [-0.4, -0.2) is 11.5 Å². The van der Waals surface area contributed by atoms with E-state index in [2.05, 4.69) is 5.48 Å². The first-order valence-electron chi connectivity index (χ1n) is 2.91. The van der Waals surface area contributed by atoms with Gasteiger partial charge < -0.3 is 0 Å². The minimum atomic E-state index is 0.729. The zero-order chi connectivity index (χ0) is 7.40. The van der Waals surface area contributed by atoms with E-state index in [0.717, 1.165) is 10.6 Å². The Labute approximate surface area is 64.2 Å². The van der Waals surface area contributed by atoms with E-state index >= 15 is 0 Å². The first-order chi connectivity index (χ1) is 4.86. The van der Waals surface area contributed by atoms with Crippen molar-refractivity contribution in [2.75, 3.05) is 11.7 Å². The van der Waals surface area contributed by atoms with Crippen LogP contribution in [0.1, 0.15) is 0 Å². The fourth-order valence-corrected chi connectivity index (χ4v) is 1.15. The lowest BCUT2D eigenvalue weighted by Gasteiger charge is -1.99. The average Bonchev–Trinajstić information content (AvgIpc) is 2.05. The molecule has 1 aromatic carbocycles. The van der Waals surface area contributed by atoms with Crippen LogP contribution < -0.4 is 5.48 Å². The van der Waals surface area contributed by atoms with Gasteiger partial charge in [-0.2, -0.15) is 0 Å². The topological polar surface area (TPSA) is 32.3 Å². The molecule has 2 nitrogen and oxygen atoms in total. The summed E-state index contributed by atoms with van der Waals surface area (Å²) >= 11 is 1.65. The normalized spacial score (nSPS) is 9.40. The van der Waals surface area contributed by atoms with Crippen molar-refractivity contribution in [3.8, 4) is 0 Å². The van der Waals surface area contributed by atoms with Crippen molar-refractivity contribution in [3.05, 3.63) is 24.3 Å². The molecule has 10 heavy (non-hydrogen) atoms. The van der Waals surface area contributed by atoms with E-state index in [0.29, 0.717) is 0 Å². The largest absolute Gasteiger partial charge is 0.291 e. The highest BCUT2D eigenvalue weighted by Crippen LogP contribution is 2.17. The number of anilines is 1. The van der Waals surface area contributed by atoms with Crippen LogP contribution in [0.2, 0.25) is 0 Å². The molecule has 0 unspecified atom stereocenters. The second-order valence-electron chi connectivity index (χ2n) is 1.84. The van der Waals surface area contributed by atoms with Gasteiger partial charge in [0, 0.05) is 4.90 Å². The SMILES string of the molecule is CSc1cccc(NO)c1. The van der Waals surface area contributed by atoms with Gasteiger partial charge in [0.1, 0.15) is 0 Å². The fraction of sp³-hybridized carbons (Fsp3) is 0.143. The van der Waals surface area contributed by atoms with Gasteiger partial charge >= 0.3 is 0 Å². The van der Waals surface area contributed by atoms with Gasteiger partial charge in [-0.1, -0.05) is 6.07 Å². The molecule has 0 radical (unpaired) electrons. The molecule has 0 atom stereocenters. The third kappa shape index (κ3) is 1.65. The van der Waals surface area contributed by atoms with E-state index in [1.165, 1.54) is 0 Å². The van der Waals surface area contributed by atoms with Gasteiger partial charge in [-0.25, -0.2) is 0 Å². The highest BCUT2D eigenvalue weighted by molar-refractivity contribution is 7.98. The molecule has 54 valence electrons. The molecular weight excluding hydrogens is 146 g/mol. The molecule has 0 aromatic heterocycles. The summed E-state index contributed by atoms with van der Waals surface area (Å²) in [6.07, 6.45) is 2.00. The predicted molar refractivity (Wildman–Crippen MR) is 43.6 cm³/mol. The van der Waals surface area contributed by atoms with Crippen LogP contribution in [0.5, 0.6) is 0 Å². The zero-order valence-electron chi connectivity index (χ0n) is 5.66. The Morgan fingerprint density at radius 1 is 1.50 bits per heavy atom. The van der Waals surface area contributed by atoms with Gasteiger partial charge in [0.15, 0.2) is 0 Å². The summed E-state index contributed by atoms with van der Waals surface area (Å²) in [5.74, 6) is 0. The van der Waals surface area contributed by atoms with Gasteiger partial charge in [-0.3, -0.25) is 10.7 Å². The quantitative estimate of drug-likeness (QED) is 0.507. The minimum absolute atomic E-state index is 0.729. The first-order valence-corrected chi connectivity index (χ1v) is 4.13. The molecule has 0 spiro atoms. The maximum atomic E-state index is 8.50. The van der Waals surface area contributed by atoms with Crippen LogP contribution in [0, 0.1) is 0 Å². The van der Waals surface area contributed by atoms with Crippen LogP contribution in [0.15, 0.2) is 29.2 Å². The second kappa shape index (κ2) is 3.49. The monoisotopic (exact) mass is 155 g/mol. The molecule has 3 heteroatoms. The summed E-state index contributed by atoms with van der Waals surface area (Å²) in [5.41, 5.74) is 2.82. The van der Waals surface area contributed by atoms with Crippen molar-refractivity contribution in [3.63, 3.8) is 0 Å². The van der Waals surface area contributed by atoms with Crippen LogP contribution in [0.4, 0.5) is 5.69 Å². The molecule has 0 saturated heterocycles. The Balaban J connectivity index is 2.87. The highest BCUT2D eigenvalue weighted by Gasteiger charge is 1.90. The predicted octanol–water partition coefficient (Wildman–Crippen LogP) is 2.21. The summed E-state index contributed by atoms with van der Waals surface area (Å²) in [4.78, 5) is 1.14. The summed E-state index contributed by atoms with van der Waals surface area (Å²) in [7, 11) is 0. The van der Waals surface area contributed by atoms with Gasteiger partial charge in [0.25, 0.3) is 0 Å². The summed E-state index contributed by atoms with van der Waals surface area (Å²) in [5, 5.41) is 8.50. The number of rotatable bonds is 2. The second-order valence-corrected chi connectivity index (χ2v) is 2.72. The number of thioether (sulfide) groups is 1. The van der Waals surface area contributed by atoms with E-state index in [-0.39, 0.29) is 0 Å². The lowest BCUT2D eigenvalue weighted by atomic mass is 10.3. The van der Waals surface area contributed by atoms with Crippen molar-refractivity contribution < 1.29 is 5.21 Å². The number of benzene rings is 1. The summed E-state index contributed by atoms with van der Waals surface area (Å²) in [6, 6.07) is 7.57. The molecular formula is C7H9NOS. The fourth-order valence-electron chi connectivity index (χ4n) is 0.693. The molecule has 0 fully saturated rings. The van der Waals surface area contributed by atoms with Crippen molar-refractivity contribution in [1.29, 1.82) is 0 Å². The Morgan fingerprint density at radius 2 is 2.30 bits per heavy atom. The van der Waals surface area contributed by atoms with Crippen molar-refractivity contribution in [1.82, 2.24) is 0 Å². The molecule has 0 aliphatic carbocycles. The smallest absolute Gasteiger partial charge is 0.0613 e. The molecule has 0 aliphatic heterocycles. The Morgan fingerprint density at radius 3 is 2.90 bits per heavy atom. The van der Waals surface area contributed by atoms with Crippen LogP contribution in [0.3, 0.4) is 0 Å². The molecule has 0 bridgehead atoms. The molecule has 0 saturated carbocycles. The summed E-state index contributed by atoms with van der Waals surface area (Å²) in [6.45, 7) is 0. The zero-order valence-corrected chi connectivity index (χ0v) is 6.48. The maximum Gasteiger partial charge on any atom is 0.0613 e. The van der Waals surface area contributed by atoms with Gasteiger partial charge in [-0.15, -0.1) is 11.8 Å². The van der Waals surface area contributed by atoms with Crippen molar-refractivity contribution in [2.24, 2.45) is 0 Å². The third-order valence-electron chi connectivity index (χ3n) is 1.20. The molecule has 2 N–H and O–H groups in total. The van der Waals surface area contributed by atoms with Gasteiger partial charge in [0.05, 0.1) is 5.69 Å². The molecule has 0 aliphatic rings.